The van der Waals surface area contributed by atoms with E-state index >= 15 is 0 Å². The van der Waals surface area contributed by atoms with Crippen LogP contribution in [-0.4, -0.2) is 25.1 Å². The van der Waals surface area contributed by atoms with Crippen LogP contribution in [0.15, 0.2) is 18.2 Å². The second kappa shape index (κ2) is 6.07. The van der Waals surface area contributed by atoms with Crippen molar-refractivity contribution < 1.29 is 44.7 Å². The van der Waals surface area contributed by atoms with Crippen LogP contribution in [0.2, 0.25) is 0 Å². The van der Waals surface area contributed by atoms with Crippen LogP contribution in [0.5, 0.6) is 0 Å². The van der Waals surface area contributed by atoms with Gasteiger partial charge >= 0.3 is 27.8 Å². The molecular weight excluding hydrogens is 380 g/mol. The molecule has 0 fully saturated rings. The van der Waals surface area contributed by atoms with Crippen LogP contribution in [0.1, 0.15) is 31.9 Å². The Kier molecular flexibility index (Phi) is 5.12. The molecular formula is C13H13F6NO4S. The van der Waals surface area contributed by atoms with Crippen molar-refractivity contribution in [2.75, 3.05) is 4.31 Å². The van der Waals surface area contributed by atoms with Crippen molar-refractivity contribution in [1.82, 2.24) is 0 Å². The number of hydrogen-bond donors (Lipinski definition) is 1. The first kappa shape index (κ1) is 21.1. The fourth-order valence-corrected chi connectivity index (χ4v) is 2.76. The molecule has 0 bridgehead atoms. The lowest BCUT2D eigenvalue weighted by Crippen LogP contribution is -2.45. The van der Waals surface area contributed by atoms with E-state index < -0.39 is 54.3 Å². The highest BCUT2D eigenvalue weighted by Crippen LogP contribution is 2.40. The number of hydrogen-bond acceptors (Lipinski definition) is 3. The third-order valence-electron chi connectivity index (χ3n) is 3.06. The van der Waals surface area contributed by atoms with Crippen LogP contribution in [0, 0.1) is 0 Å². The Morgan fingerprint density at radius 3 is 1.84 bits per heavy atom. The third-order valence-corrected chi connectivity index (χ3v) is 4.48. The van der Waals surface area contributed by atoms with Crippen molar-refractivity contribution >= 4 is 21.8 Å². The highest BCUT2D eigenvalue weighted by molar-refractivity contribution is 7.94. The van der Waals surface area contributed by atoms with Gasteiger partial charge in [0.2, 0.25) is 0 Å². The molecule has 1 aromatic rings. The van der Waals surface area contributed by atoms with E-state index in [-0.39, 0.29) is 0 Å². The zero-order valence-corrected chi connectivity index (χ0v) is 13.8. The summed E-state index contributed by atoms with van der Waals surface area (Å²) in [4.78, 5) is 11.2. The Morgan fingerprint density at radius 2 is 1.52 bits per heavy atom. The fraction of sp³-hybridized carbons (Fsp3) is 0.462. The molecule has 0 saturated heterocycles. The van der Waals surface area contributed by atoms with Crippen LogP contribution >= 0.6 is 0 Å². The Balaban J connectivity index is 3.82. The number of carboxylic acid groups (broad SMARTS) is 1. The van der Waals surface area contributed by atoms with Gasteiger partial charge < -0.3 is 5.11 Å². The third kappa shape index (κ3) is 4.17. The van der Waals surface area contributed by atoms with Gasteiger partial charge in [-0.3, -0.25) is 0 Å². The Bertz CT molecular complexity index is 777. The molecule has 25 heavy (non-hydrogen) atoms. The smallest absolute Gasteiger partial charge is 0.464 e. The molecule has 1 aromatic carbocycles. The summed E-state index contributed by atoms with van der Waals surface area (Å²) in [5.74, 6) is 0. The lowest BCUT2D eigenvalue weighted by molar-refractivity contribution is -0.137. The van der Waals surface area contributed by atoms with Crippen molar-refractivity contribution in [3.8, 4) is 0 Å². The van der Waals surface area contributed by atoms with Gasteiger partial charge in [-0.05, 0) is 29.2 Å². The van der Waals surface area contributed by atoms with Gasteiger partial charge in [0, 0.05) is 0 Å². The number of amides is 1. The second-order valence-corrected chi connectivity index (χ2v) is 7.76. The van der Waals surface area contributed by atoms with Gasteiger partial charge in [-0.2, -0.15) is 39.1 Å². The average molecular weight is 393 g/mol. The van der Waals surface area contributed by atoms with Crippen molar-refractivity contribution in [1.29, 1.82) is 0 Å². The van der Waals surface area contributed by atoms with Crippen LogP contribution in [0.3, 0.4) is 0 Å². The molecule has 0 aromatic heterocycles. The SMILES string of the molecule is CC(C)(C)c1cc(C(F)(F)F)ccc1N(C(=O)O)S(=O)(=O)C(F)(F)F. The van der Waals surface area contributed by atoms with Crippen molar-refractivity contribution in [3.05, 3.63) is 29.3 Å². The largest absolute Gasteiger partial charge is 0.517 e. The Morgan fingerprint density at radius 1 is 1.04 bits per heavy atom. The number of benzene rings is 1. The summed E-state index contributed by atoms with van der Waals surface area (Å²) in [6.45, 7) is 3.89. The van der Waals surface area contributed by atoms with Crippen LogP contribution in [0.25, 0.3) is 0 Å². The predicted molar refractivity (Wildman–Crippen MR) is 75.6 cm³/mol. The highest BCUT2D eigenvalue weighted by Gasteiger charge is 2.53. The fourth-order valence-electron chi connectivity index (χ4n) is 1.93. The molecule has 0 saturated carbocycles. The van der Waals surface area contributed by atoms with E-state index in [9.17, 15) is 39.6 Å². The summed E-state index contributed by atoms with van der Waals surface area (Å²) in [6.07, 6.45) is -7.35. The van der Waals surface area contributed by atoms with E-state index in [1.807, 2.05) is 0 Å². The van der Waals surface area contributed by atoms with Gasteiger partial charge in [-0.25, -0.2) is 4.79 Å². The van der Waals surface area contributed by atoms with Gasteiger partial charge in [0.1, 0.15) is 0 Å². The van der Waals surface area contributed by atoms with E-state index in [0.29, 0.717) is 18.2 Å². The summed E-state index contributed by atoms with van der Waals surface area (Å²) in [6, 6.07) is 1.13. The van der Waals surface area contributed by atoms with Crippen LogP contribution in [-0.2, 0) is 21.6 Å². The van der Waals surface area contributed by atoms with Crippen molar-refractivity contribution in [2.45, 2.75) is 37.9 Å². The van der Waals surface area contributed by atoms with Crippen LogP contribution in [0.4, 0.5) is 36.8 Å². The quantitative estimate of drug-likeness (QED) is 0.759. The number of halogens is 6. The van der Waals surface area contributed by atoms with E-state index in [1.54, 1.807) is 0 Å². The van der Waals surface area contributed by atoms with Crippen molar-refractivity contribution in [2.24, 2.45) is 0 Å². The molecule has 0 spiro atoms. The first-order chi connectivity index (χ1) is 10.9. The number of anilines is 1. The lowest BCUT2D eigenvalue weighted by atomic mass is 9.84. The van der Waals surface area contributed by atoms with Crippen molar-refractivity contribution in [3.63, 3.8) is 0 Å². The maximum absolute atomic E-state index is 12.8. The van der Waals surface area contributed by atoms with Gasteiger partial charge in [-0.15, -0.1) is 0 Å². The molecule has 1 amide bonds. The Labute approximate surface area is 138 Å². The van der Waals surface area contributed by atoms with Gasteiger partial charge in [-0.1, -0.05) is 20.8 Å². The molecule has 1 rings (SSSR count). The number of carbonyl (C=O) groups is 1. The zero-order chi connectivity index (χ0) is 20.0. The Hall–Kier alpha value is -1.98. The average Bonchev–Trinajstić information content (AvgIpc) is 2.34. The summed E-state index contributed by atoms with van der Waals surface area (Å²) in [5.41, 5.74) is -10.0. The molecule has 1 N–H and O–H groups in total. The summed E-state index contributed by atoms with van der Waals surface area (Å²) < 4.78 is 98.9. The normalized spacial score (nSPS) is 13.6. The van der Waals surface area contributed by atoms with E-state index in [1.165, 1.54) is 20.8 Å². The first-order valence-electron chi connectivity index (χ1n) is 6.47. The summed E-state index contributed by atoms with van der Waals surface area (Å²) in [5, 5.41) is 8.97. The molecule has 0 atom stereocenters. The molecule has 0 radical (unpaired) electrons. The molecule has 0 unspecified atom stereocenters. The lowest BCUT2D eigenvalue weighted by Gasteiger charge is -2.29. The van der Waals surface area contributed by atoms with Gasteiger partial charge in [0.15, 0.2) is 0 Å². The molecule has 142 valence electrons. The topological polar surface area (TPSA) is 74.7 Å². The highest BCUT2D eigenvalue weighted by atomic mass is 32.2. The summed E-state index contributed by atoms with van der Waals surface area (Å²) in [7, 11) is -6.37. The number of alkyl halides is 6. The molecule has 12 heteroatoms. The monoisotopic (exact) mass is 393 g/mol. The molecule has 0 aliphatic carbocycles. The standard InChI is InChI=1S/C13H13F6NO4S/c1-11(2,3)8-6-7(12(14,15)16)4-5-9(8)20(10(21)22)25(23,24)13(17,18)19/h4-6H,1-3H3,(H,21,22). The maximum atomic E-state index is 12.8. The summed E-state index contributed by atoms with van der Waals surface area (Å²) >= 11 is 0. The van der Waals surface area contributed by atoms with Crippen LogP contribution < -0.4 is 4.31 Å². The number of rotatable bonds is 2. The molecule has 5 nitrogen and oxygen atoms in total. The predicted octanol–water partition coefficient (Wildman–Crippen LogP) is 4.34. The zero-order valence-electron chi connectivity index (χ0n) is 13.0. The van der Waals surface area contributed by atoms with E-state index in [0.717, 1.165) is 0 Å². The molecule has 0 aliphatic heterocycles. The number of nitrogens with zero attached hydrogens (tertiary/aromatic N) is 1. The maximum Gasteiger partial charge on any atom is 0.517 e. The van der Waals surface area contributed by atoms with E-state index in [4.69, 9.17) is 5.11 Å². The van der Waals surface area contributed by atoms with Gasteiger partial charge in [0.05, 0.1) is 11.3 Å². The first-order valence-corrected chi connectivity index (χ1v) is 7.91. The number of sulfonamides is 1. The minimum absolute atomic E-state index is 0.312. The second-order valence-electron chi connectivity index (χ2n) is 5.98. The van der Waals surface area contributed by atoms with E-state index in [2.05, 4.69) is 0 Å². The minimum atomic E-state index is -6.37. The van der Waals surface area contributed by atoms with Gasteiger partial charge in [0.25, 0.3) is 0 Å². The minimum Gasteiger partial charge on any atom is -0.464 e. The molecule has 0 aliphatic rings. The molecule has 0 heterocycles.